The van der Waals surface area contributed by atoms with Crippen LogP contribution in [0.25, 0.3) is 0 Å². The number of halogens is 2. The predicted molar refractivity (Wildman–Crippen MR) is 76.3 cm³/mol. The van der Waals surface area contributed by atoms with Crippen LogP contribution in [0, 0.1) is 0 Å². The lowest BCUT2D eigenvalue weighted by molar-refractivity contribution is -0.123. The molecule has 1 fully saturated rings. The van der Waals surface area contributed by atoms with Crippen LogP contribution in [-0.2, 0) is 4.79 Å². The van der Waals surface area contributed by atoms with Gasteiger partial charge in [-0.1, -0.05) is 23.7 Å². The molecule has 0 saturated carbocycles. The first kappa shape index (κ1) is 15.3. The normalized spacial score (nSPS) is 20.0. The molecule has 18 heavy (non-hydrogen) atoms. The van der Waals surface area contributed by atoms with Crippen LogP contribution in [0.2, 0.25) is 5.02 Å². The molecule has 5 heteroatoms. The van der Waals surface area contributed by atoms with E-state index in [1.807, 2.05) is 31.2 Å². The Morgan fingerprint density at radius 3 is 2.94 bits per heavy atom. The quantitative estimate of drug-likeness (QED) is 0.898. The van der Waals surface area contributed by atoms with Crippen LogP contribution in [0.15, 0.2) is 24.3 Å². The molecule has 2 rings (SSSR count). The molecule has 1 aromatic rings. The fraction of sp³-hybridized carbons (Fsp3) is 0.462. The lowest BCUT2D eigenvalue weighted by atomic mass is 10.1. The zero-order valence-corrected chi connectivity index (χ0v) is 11.9. The Morgan fingerprint density at radius 1 is 1.56 bits per heavy atom. The van der Waals surface area contributed by atoms with Crippen LogP contribution in [0.4, 0.5) is 0 Å². The van der Waals surface area contributed by atoms with Crippen molar-refractivity contribution >= 4 is 29.9 Å². The number of hydrogen-bond donors (Lipinski definition) is 2. The van der Waals surface area contributed by atoms with E-state index in [1.165, 1.54) is 0 Å². The average molecular weight is 289 g/mol. The summed E-state index contributed by atoms with van der Waals surface area (Å²) >= 11 is 5.93. The van der Waals surface area contributed by atoms with Crippen LogP contribution in [0.5, 0.6) is 0 Å². The van der Waals surface area contributed by atoms with Crippen molar-refractivity contribution in [3.8, 4) is 0 Å². The van der Waals surface area contributed by atoms with Gasteiger partial charge in [-0.3, -0.25) is 4.79 Å². The van der Waals surface area contributed by atoms with Crippen LogP contribution in [0.1, 0.15) is 31.4 Å². The van der Waals surface area contributed by atoms with Gasteiger partial charge in [0.05, 0.1) is 12.1 Å². The lowest BCUT2D eigenvalue weighted by Gasteiger charge is -2.17. The van der Waals surface area contributed by atoms with E-state index in [9.17, 15) is 4.79 Å². The Hall–Kier alpha value is -0.770. The lowest BCUT2D eigenvalue weighted by Crippen LogP contribution is -2.41. The molecular formula is C13H18Cl2N2O. The third kappa shape index (κ3) is 3.87. The first-order chi connectivity index (χ1) is 8.16. The summed E-state index contributed by atoms with van der Waals surface area (Å²) in [6.45, 7) is 2.90. The highest BCUT2D eigenvalue weighted by molar-refractivity contribution is 6.30. The third-order valence-electron chi connectivity index (χ3n) is 3.08. The molecule has 1 saturated heterocycles. The highest BCUT2D eigenvalue weighted by Gasteiger charge is 2.23. The summed E-state index contributed by atoms with van der Waals surface area (Å²) in [6.07, 6.45) is 2.00. The number of nitrogens with one attached hydrogen (secondary N) is 2. The average Bonchev–Trinajstić information content (AvgIpc) is 2.82. The molecule has 0 radical (unpaired) electrons. The molecule has 0 aromatic heterocycles. The van der Waals surface area contributed by atoms with E-state index in [1.54, 1.807) is 0 Å². The Morgan fingerprint density at radius 2 is 2.33 bits per heavy atom. The summed E-state index contributed by atoms with van der Waals surface area (Å²) in [6, 6.07) is 7.54. The molecule has 0 aliphatic carbocycles. The van der Waals surface area contributed by atoms with Gasteiger partial charge in [-0.15, -0.1) is 12.4 Å². The maximum atomic E-state index is 11.9. The Kier molecular flexibility index (Phi) is 5.93. The van der Waals surface area contributed by atoms with E-state index in [0.717, 1.165) is 24.9 Å². The second-order valence-corrected chi connectivity index (χ2v) is 4.87. The number of benzene rings is 1. The van der Waals surface area contributed by atoms with Gasteiger partial charge < -0.3 is 10.6 Å². The van der Waals surface area contributed by atoms with Crippen molar-refractivity contribution in [2.45, 2.75) is 31.8 Å². The van der Waals surface area contributed by atoms with E-state index in [2.05, 4.69) is 10.6 Å². The number of hydrogen-bond acceptors (Lipinski definition) is 2. The summed E-state index contributed by atoms with van der Waals surface area (Å²) < 4.78 is 0. The topological polar surface area (TPSA) is 41.1 Å². The third-order valence-corrected chi connectivity index (χ3v) is 3.32. The Bertz CT molecular complexity index is 406. The summed E-state index contributed by atoms with van der Waals surface area (Å²) in [5.74, 6) is 0.0787. The van der Waals surface area contributed by atoms with E-state index in [0.29, 0.717) is 5.02 Å². The maximum Gasteiger partial charge on any atom is 0.237 e. The van der Waals surface area contributed by atoms with Crippen molar-refractivity contribution in [1.82, 2.24) is 10.6 Å². The van der Waals surface area contributed by atoms with Crippen LogP contribution in [0.3, 0.4) is 0 Å². The van der Waals surface area contributed by atoms with E-state index >= 15 is 0 Å². The molecule has 1 heterocycles. The van der Waals surface area contributed by atoms with Gasteiger partial charge >= 0.3 is 0 Å². The smallest absolute Gasteiger partial charge is 0.237 e. The number of carbonyl (C=O) groups excluding carboxylic acids is 1. The molecule has 100 valence electrons. The van der Waals surface area contributed by atoms with E-state index in [4.69, 9.17) is 11.6 Å². The standard InChI is InChI=1S/C13H17ClN2O.ClH/c1-9(10-4-2-5-11(14)8-10)16-13(17)12-6-3-7-15-12;/h2,4-5,8-9,12,15H,3,6-7H2,1H3,(H,16,17);1H/t9?,12-;/m0./s1. The van der Waals surface area contributed by atoms with Crippen LogP contribution < -0.4 is 10.6 Å². The number of rotatable bonds is 3. The second kappa shape index (κ2) is 6.98. The zero-order valence-electron chi connectivity index (χ0n) is 10.3. The zero-order chi connectivity index (χ0) is 12.3. The predicted octanol–water partition coefficient (Wildman–Crippen LogP) is 2.69. The van der Waals surface area contributed by atoms with Crippen LogP contribution >= 0.6 is 24.0 Å². The minimum absolute atomic E-state index is 0. The van der Waals surface area contributed by atoms with Gasteiger partial charge in [-0.05, 0) is 44.0 Å². The second-order valence-electron chi connectivity index (χ2n) is 4.43. The fourth-order valence-corrected chi connectivity index (χ4v) is 2.28. The van der Waals surface area contributed by atoms with Crippen molar-refractivity contribution in [2.75, 3.05) is 6.54 Å². The van der Waals surface area contributed by atoms with Gasteiger partial charge in [0.2, 0.25) is 5.91 Å². The van der Waals surface area contributed by atoms with Gasteiger partial charge in [0.1, 0.15) is 0 Å². The molecule has 1 amide bonds. The van der Waals surface area contributed by atoms with E-state index < -0.39 is 0 Å². The summed E-state index contributed by atoms with van der Waals surface area (Å²) in [7, 11) is 0. The minimum atomic E-state index is -0.0309. The summed E-state index contributed by atoms with van der Waals surface area (Å²) in [4.78, 5) is 11.9. The minimum Gasteiger partial charge on any atom is -0.348 e. The maximum absolute atomic E-state index is 11.9. The SMILES string of the molecule is CC(NC(=O)[C@@H]1CCCN1)c1cccc(Cl)c1.Cl. The van der Waals surface area contributed by atoms with Gasteiger partial charge in [-0.2, -0.15) is 0 Å². The van der Waals surface area contributed by atoms with Gasteiger partial charge in [-0.25, -0.2) is 0 Å². The van der Waals surface area contributed by atoms with Crippen molar-refractivity contribution in [3.63, 3.8) is 0 Å². The van der Waals surface area contributed by atoms with Crippen LogP contribution in [-0.4, -0.2) is 18.5 Å². The molecule has 2 N–H and O–H groups in total. The molecular weight excluding hydrogens is 271 g/mol. The van der Waals surface area contributed by atoms with Crippen molar-refractivity contribution in [3.05, 3.63) is 34.9 Å². The Labute approximate surface area is 119 Å². The summed E-state index contributed by atoms with van der Waals surface area (Å²) in [5.41, 5.74) is 1.03. The van der Waals surface area contributed by atoms with Crippen molar-refractivity contribution < 1.29 is 4.79 Å². The number of amides is 1. The Balaban J connectivity index is 0.00000162. The highest BCUT2D eigenvalue weighted by atomic mass is 35.5. The molecule has 1 aromatic carbocycles. The largest absolute Gasteiger partial charge is 0.348 e. The van der Waals surface area contributed by atoms with Gasteiger partial charge in [0.25, 0.3) is 0 Å². The highest BCUT2D eigenvalue weighted by Crippen LogP contribution is 2.17. The van der Waals surface area contributed by atoms with Crippen molar-refractivity contribution in [1.29, 1.82) is 0 Å². The summed E-state index contributed by atoms with van der Waals surface area (Å²) in [5, 5.41) is 6.89. The van der Waals surface area contributed by atoms with Gasteiger partial charge in [0.15, 0.2) is 0 Å². The fourth-order valence-electron chi connectivity index (χ4n) is 2.08. The first-order valence-electron chi connectivity index (χ1n) is 5.96. The molecule has 1 unspecified atom stereocenters. The molecule has 3 nitrogen and oxygen atoms in total. The monoisotopic (exact) mass is 288 g/mol. The molecule has 0 bridgehead atoms. The molecule has 0 spiro atoms. The first-order valence-corrected chi connectivity index (χ1v) is 6.34. The molecule has 2 atom stereocenters. The van der Waals surface area contributed by atoms with Gasteiger partial charge in [0, 0.05) is 5.02 Å². The van der Waals surface area contributed by atoms with Crippen molar-refractivity contribution in [2.24, 2.45) is 0 Å². The van der Waals surface area contributed by atoms with E-state index in [-0.39, 0.29) is 30.4 Å². The number of carbonyl (C=O) groups is 1. The molecule has 1 aliphatic rings. The molecule has 1 aliphatic heterocycles.